The zero-order chi connectivity index (χ0) is 30.5. The van der Waals surface area contributed by atoms with Crippen LogP contribution >= 0.6 is 0 Å². The third kappa shape index (κ3) is 8.51. The minimum absolute atomic E-state index is 0.00112. The van der Waals surface area contributed by atoms with Crippen molar-refractivity contribution in [1.82, 2.24) is 9.55 Å². The number of nitrogens with zero attached hydrogens (tertiary/aromatic N) is 2. The van der Waals surface area contributed by atoms with Crippen LogP contribution < -0.4 is 0 Å². The van der Waals surface area contributed by atoms with E-state index in [4.69, 9.17) is 14.2 Å². The number of ketones is 1. The lowest BCUT2D eigenvalue weighted by molar-refractivity contribution is -0.170. The number of imidazole rings is 1. The summed E-state index contributed by atoms with van der Waals surface area (Å²) in [5.74, 6) is -1.26. The van der Waals surface area contributed by atoms with Crippen LogP contribution in [0.3, 0.4) is 0 Å². The highest BCUT2D eigenvalue weighted by Gasteiger charge is 2.42. The lowest BCUT2D eigenvalue weighted by atomic mass is 9.77. The molecule has 230 valence electrons. The van der Waals surface area contributed by atoms with Crippen LogP contribution in [0.4, 0.5) is 4.79 Å². The summed E-state index contributed by atoms with van der Waals surface area (Å²) in [6.07, 6.45) is 7.63. The second-order valence-electron chi connectivity index (χ2n) is 12.9. The average Bonchev–Trinajstić information content (AvgIpc) is 3.44. The third-order valence-electron chi connectivity index (χ3n) is 8.85. The molecule has 0 saturated carbocycles. The number of ether oxygens (including phenoxy) is 3. The summed E-state index contributed by atoms with van der Waals surface area (Å²) < 4.78 is 19.3. The molecule has 0 amide bonds. The van der Waals surface area contributed by atoms with Gasteiger partial charge in [0.25, 0.3) is 0 Å². The second kappa shape index (κ2) is 14.1. The fourth-order valence-electron chi connectivity index (χ4n) is 6.83. The summed E-state index contributed by atoms with van der Waals surface area (Å²) in [6.45, 7) is 15.2. The van der Waals surface area contributed by atoms with Crippen LogP contribution in [0.15, 0.2) is 30.4 Å². The summed E-state index contributed by atoms with van der Waals surface area (Å²) in [7, 11) is 0. The largest absolute Gasteiger partial charge is 0.457 e. The van der Waals surface area contributed by atoms with Crippen molar-refractivity contribution in [2.75, 3.05) is 0 Å². The Kier molecular flexibility index (Phi) is 11.3. The monoisotopic (exact) mass is 574 g/mol. The first kappa shape index (κ1) is 33.0. The maximum absolute atomic E-state index is 13.5. The van der Waals surface area contributed by atoms with E-state index in [0.29, 0.717) is 37.2 Å². The number of rotatable bonds is 4. The van der Waals surface area contributed by atoms with Crippen LogP contribution in [-0.4, -0.2) is 62.5 Å². The number of esters is 1. The average molecular weight is 575 g/mol. The van der Waals surface area contributed by atoms with E-state index in [-0.39, 0.29) is 35.7 Å². The normalized spacial score (nSPS) is 39.2. The molecule has 10 atom stereocenters. The minimum Gasteiger partial charge on any atom is -0.457 e. The quantitative estimate of drug-likeness (QED) is 0.453. The third-order valence-corrected chi connectivity index (χ3v) is 8.85. The summed E-state index contributed by atoms with van der Waals surface area (Å²) in [5.41, 5.74) is -0.992. The highest BCUT2D eigenvalue weighted by molar-refractivity contribution is 5.96. The molecule has 2 aliphatic rings. The van der Waals surface area contributed by atoms with E-state index in [1.165, 1.54) is 23.3 Å². The van der Waals surface area contributed by atoms with E-state index in [0.717, 1.165) is 12.8 Å². The molecule has 1 N–H and O–H groups in total. The van der Waals surface area contributed by atoms with Gasteiger partial charge in [0, 0.05) is 18.3 Å². The van der Waals surface area contributed by atoms with Gasteiger partial charge in [0.2, 0.25) is 0 Å². The van der Waals surface area contributed by atoms with E-state index < -0.39 is 35.8 Å². The van der Waals surface area contributed by atoms with E-state index in [2.05, 4.69) is 25.8 Å². The number of carbonyl (C=O) groups excluding carboxylic acids is 3. The molecule has 3 heterocycles. The zero-order valence-electron chi connectivity index (χ0n) is 26.0. The van der Waals surface area contributed by atoms with Crippen molar-refractivity contribution >= 4 is 17.8 Å². The van der Waals surface area contributed by atoms with Gasteiger partial charge in [0.15, 0.2) is 11.4 Å². The first-order valence-corrected chi connectivity index (χ1v) is 15.2. The van der Waals surface area contributed by atoms with Gasteiger partial charge in [-0.25, -0.2) is 14.3 Å². The standard InChI is InChI=1S/C32H50N2O7/c1-9-27-32(8,41-31(38)34-11-10-33-18-34)17-22(5)28(35)21(4)12-19(2)14-25(29(36)24(7)30(37)40-27)16-26-15-20(3)13-23(6)39-26/h10-11,17-21,23-27,29,36H,9,12-16H2,1-8H3/b22-17+/t19-,20+,21+,23-,24+,25-,26?,27+,29+,32-/m0/s1. The molecule has 1 aromatic rings. The highest BCUT2D eigenvalue weighted by Crippen LogP contribution is 2.36. The zero-order valence-corrected chi connectivity index (χ0v) is 26.0. The lowest BCUT2D eigenvalue weighted by Crippen LogP contribution is -2.47. The number of hydrogen-bond acceptors (Lipinski definition) is 8. The molecule has 0 radical (unpaired) electrons. The number of aliphatic hydroxyl groups excluding tert-OH is 1. The second-order valence-corrected chi connectivity index (χ2v) is 12.9. The fraction of sp³-hybridized carbons (Fsp3) is 0.750. The number of cyclic esters (lactones) is 1. The van der Waals surface area contributed by atoms with Gasteiger partial charge in [-0.05, 0) is 95.6 Å². The SMILES string of the molecule is CC[C@H]1OC(=O)[C@H](C)[C@@H](O)[C@H](CC2C[C@H](C)C[C@H](C)O2)C[C@@H](C)C[C@@H](C)C(=O)/C(C)=C/[C@]1(C)OC(=O)n1ccnc1. The Morgan fingerprint density at radius 1 is 1.12 bits per heavy atom. The molecular weight excluding hydrogens is 524 g/mol. The summed E-state index contributed by atoms with van der Waals surface area (Å²) >= 11 is 0. The van der Waals surface area contributed by atoms with Crippen molar-refractivity contribution in [2.24, 2.45) is 29.6 Å². The molecule has 1 fully saturated rings. The Balaban J connectivity index is 1.96. The van der Waals surface area contributed by atoms with Crippen LogP contribution in [0.2, 0.25) is 0 Å². The molecule has 0 aromatic carbocycles. The molecule has 0 bridgehead atoms. The molecular formula is C32H50N2O7. The van der Waals surface area contributed by atoms with Crippen molar-refractivity contribution < 1.29 is 33.7 Å². The van der Waals surface area contributed by atoms with Crippen molar-refractivity contribution in [3.8, 4) is 0 Å². The van der Waals surface area contributed by atoms with Crippen molar-refractivity contribution in [1.29, 1.82) is 0 Å². The predicted octanol–water partition coefficient (Wildman–Crippen LogP) is 5.74. The molecule has 9 heteroatoms. The molecule has 1 unspecified atom stereocenters. The Labute approximate surface area is 245 Å². The lowest BCUT2D eigenvalue weighted by Gasteiger charge is -2.38. The Morgan fingerprint density at radius 2 is 1.80 bits per heavy atom. The van der Waals surface area contributed by atoms with Gasteiger partial charge >= 0.3 is 12.1 Å². The Morgan fingerprint density at radius 3 is 2.41 bits per heavy atom. The van der Waals surface area contributed by atoms with Crippen LogP contribution in [0.25, 0.3) is 0 Å². The molecule has 0 spiro atoms. The number of aromatic nitrogens is 2. The molecule has 0 aliphatic carbocycles. The van der Waals surface area contributed by atoms with Gasteiger partial charge in [-0.2, -0.15) is 0 Å². The molecule has 2 aliphatic heterocycles. The number of carbonyl (C=O) groups is 3. The van der Waals surface area contributed by atoms with Gasteiger partial charge in [-0.1, -0.05) is 27.7 Å². The number of allylic oxidation sites excluding steroid dienone is 1. The van der Waals surface area contributed by atoms with Crippen molar-refractivity contribution in [2.45, 2.75) is 124 Å². The predicted molar refractivity (Wildman–Crippen MR) is 155 cm³/mol. The summed E-state index contributed by atoms with van der Waals surface area (Å²) in [5, 5.41) is 11.6. The number of hydrogen-bond donors (Lipinski definition) is 1. The Hall–Kier alpha value is -2.52. The van der Waals surface area contributed by atoms with E-state index in [1.54, 1.807) is 26.8 Å². The van der Waals surface area contributed by atoms with Gasteiger partial charge in [0.05, 0.1) is 24.2 Å². The van der Waals surface area contributed by atoms with Crippen molar-refractivity contribution in [3.05, 3.63) is 30.4 Å². The first-order chi connectivity index (χ1) is 19.2. The number of Topliss-reactive ketones (excluding diaryl/α,β-unsaturated/α-hetero) is 1. The van der Waals surface area contributed by atoms with Crippen LogP contribution in [0, 0.1) is 29.6 Å². The van der Waals surface area contributed by atoms with E-state index in [9.17, 15) is 19.5 Å². The van der Waals surface area contributed by atoms with Gasteiger partial charge in [-0.15, -0.1) is 0 Å². The molecule has 1 saturated heterocycles. The smallest absolute Gasteiger partial charge is 0.420 e. The molecule has 1 aromatic heterocycles. The number of aliphatic hydroxyl groups is 1. The van der Waals surface area contributed by atoms with E-state index in [1.807, 2.05) is 13.8 Å². The Bertz CT molecular complexity index is 1060. The maximum atomic E-state index is 13.5. The summed E-state index contributed by atoms with van der Waals surface area (Å²) in [4.78, 5) is 43.9. The van der Waals surface area contributed by atoms with Crippen LogP contribution in [0.1, 0.15) is 93.9 Å². The molecule has 9 nitrogen and oxygen atoms in total. The van der Waals surface area contributed by atoms with Gasteiger partial charge < -0.3 is 19.3 Å². The topological polar surface area (TPSA) is 117 Å². The maximum Gasteiger partial charge on any atom is 0.420 e. The summed E-state index contributed by atoms with van der Waals surface area (Å²) in [6, 6.07) is 0. The highest BCUT2D eigenvalue weighted by atomic mass is 16.6. The fourth-order valence-corrected chi connectivity index (χ4v) is 6.83. The van der Waals surface area contributed by atoms with Gasteiger partial charge in [-0.3, -0.25) is 9.59 Å². The van der Waals surface area contributed by atoms with E-state index >= 15 is 0 Å². The van der Waals surface area contributed by atoms with Crippen molar-refractivity contribution in [3.63, 3.8) is 0 Å². The van der Waals surface area contributed by atoms with Gasteiger partial charge in [0.1, 0.15) is 12.4 Å². The minimum atomic E-state index is -1.44. The first-order valence-electron chi connectivity index (χ1n) is 15.2. The molecule has 41 heavy (non-hydrogen) atoms. The van der Waals surface area contributed by atoms with Crippen LogP contribution in [-0.2, 0) is 23.8 Å². The van der Waals surface area contributed by atoms with Crippen LogP contribution in [0.5, 0.6) is 0 Å². The molecule has 3 rings (SSSR count).